The van der Waals surface area contributed by atoms with E-state index in [4.69, 9.17) is 11.6 Å². The van der Waals surface area contributed by atoms with E-state index in [-0.39, 0.29) is 24.9 Å². The zero-order valence-electron chi connectivity index (χ0n) is 14.2. The molecule has 0 radical (unpaired) electrons. The van der Waals surface area contributed by atoms with E-state index in [0.29, 0.717) is 16.4 Å². The second-order valence-corrected chi connectivity index (χ2v) is 7.36. The lowest BCUT2D eigenvalue weighted by Gasteiger charge is -2.20. The summed E-state index contributed by atoms with van der Waals surface area (Å²) >= 11 is 5.93. The van der Waals surface area contributed by atoms with Crippen molar-refractivity contribution in [2.24, 2.45) is 5.92 Å². The summed E-state index contributed by atoms with van der Waals surface area (Å²) in [6, 6.07) is 3.00. The van der Waals surface area contributed by atoms with Crippen LogP contribution in [0.5, 0.6) is 0 Å². The van der Waals surface area contributed by atoms with Gasteiger partial charge in [0, 0.05) is 12.4 Å². The van der Waals surface area contributed by atoms with Crippen LogP contribution >= 0.6 is 11.6 Å². The zero-order valence-corrected chi connectivity index (χ0v) is 14.9. The molecule has 2 fully saturated rings. The van der Waals surface area contributed by atoms with E-state index in [2.05, 4.69) is 15.6 Å². The topological polar surface area (TPSA) is 95.8 Å². The van der Waals surface area contributed by atoms with Crippen molar-refractivity contribution in [1.82, 2.24) is 24.9 Å². The number of amides is 4. The Balaban J connectivity index is 1.37. The standard InChI is InChI=1S/C17H18ClN5O3/c1-17(10-2-3-10)15(25)23(16(26)21-17)9-14(24)19-6-12-8-22-7-11(18)4-5-13(22)20-12/h4-5,7-8,10H,2-3,6,9H2,1H3,(H,19,24)(H,21,26). The minimum absolute atomic E-state index is 0.164. The van der Waals surface area contributed by atoms with E-state index in [1.54, 1.807) is 35.9 Å². The van der Waals surface area contributed by atoms with E-state index >= 15 is 0 Å². The average Bonchev–Trinajstić information content (AvgIpc) is 3.34. The van der Waals surface area contributed by atoms with Gasteiger partial charge in [-0.25, -0.2) is 9.78 Å². The molecule has 26 heavy (non-hydrogen) atoms. The summed E-state index contributed by atoms with van der Waals surface area (Å²) in [5, 5.41) is 6.00. The maximum absolute atomic E-state index is 12.5. The lowest BCUT2D eigenvalue weighted by molar-refractivity contribution is -0.135. The normalized spacial score (nSPS) is 22.8. The van der Waals surface area contributed by atoms with E-state index in [9.17, 15) is 14.4 Å². The molecule has 1 aliphatic heterocycles. The Morgan fingerprint density at radius 1 is 1.38 bits per heavy atom. The summed E-state index contributed by atoms with van der Waals surface area (Å²) in [6.07, 6.45) is 5.32. The summed E-state index contributed by atoms with van der Waals surface area (Å²) in [6.45, 7) is 1.62. The summed E-state index contributed by atoms with van der Waals surface area (Å²) < 4.78 is 1.77. The van der Waals surface area contributed by atoms with Gasteiger partial charge in [-0.15, -0.1) is 0 Å². The molecule has 2 aromatic rings. The Hall–Kier alpha value is -2.61. The quantitative estimate of drug-likeness (QED) is 0.770. The van der Waals surface area contributed by atoms with Crippen LogP contribution in [-0.4, -0.2) is 44.2 Å². The molecule has 1 saturated carbocycles. The molecule has 1 unspecified atom stereocenters. The predicted octanol–water partition coefficient (Wildman–Crippen LogP) is 1.32. The molecule has 1 atom stereocenters. The van der Waals surface area contributed by atoms with Crippen LogP contribution in [0.3, 0.4) is 0 Å². The molecule has 0 aromatic carbocycles. The maximum atomic E-state index is 12.5. The molecule has 8 nitrogen and oxygen atoms in total. The monoisotopic (exact) mass is 375 g/mol. The number of aromatic nitrogens is 2. The number of fused-ring (bicyclic) bond motifs is 1. The first kappa shape index (κ1) is 16.8. The first-order valence-electron chi connectivity index (χ1n) is 8.41. The van der Waals surface area contributed by atoms with Gasteiger partial charge < -0.3 is 15.0 Å². The van der Waals surface area contributed by atoms with Gasteiger partial charge in [0.15, 0.2) is 0 Å². The molecular weight excluding hydrogens is 358 g/mol. The van der Waals surface area contributed by atoms with Crippen LogP contribution in [-0.2, 0) is 16.1 Å². The van der Waals surface area contributed by atoms with Gasteiger partial charge in [0.25, 0.3) is 5.91 Å². The van der Waals surface area contributed by atoms with Crippen molar-refractivity contribution in [2.45, 2.75) is 31.8 Å². The highest BCUT2D eigenvalue weighted by molar-refractivity contribution is 6.30. The Morgan fingerprint density at radius 2 is 2.15 bits per heavy atom. The number of rotatable bonds is 5. The fourth-order valence-electron chi connectivity index (χ4n) is 3.29. The van der Waals surface area contributed by atoms with Crippen molar-refractivity contribution in [2.75, 3.05) is 6.54 Å². The molecule has 0 bridgehead atoms. The smallest absolute Gasteiger partial charge is 0.325 e. The van der Waals surface area contributed by atoms with Gasteiger partial charge in [0.1, 0.15) is 17.7 Å². The van der Waals surface area contributed by atoms with Gasteiger partial charge >= 0.3 is 6.03 Å². The number of carbonyl (C=O) groups is 3. The lowest BCUT2D eigenvalue weighted by Crippen LogP contribution is -2.46. The second kappa shape index (κ2) is 5.98. The van der Waals surface area contributed by atoms with Crippen LogP contribution in [0.1, 0.15) is 25.5 Å². The molecule has 2 aromatic heterocycles. The van der Waals surface area contributed by atoms with Crippen LogP contribution in [0.15, 0.2) is 24.5 Å². The van der Waals surface area contributed by atoms with E-state index < -0.39 is 17.5 Å². The molecule has 2 N–H and O–H groups in total. The largest absolute Gasteiger partial charge is 0.349 e. The molecule has 136 valence electrons. The van der Waals surface area contributed by atoms with Gasteiger partial charge in [0.05, 0.1) is 17.3 Å². The van der Waals surface area contributed by atoms with Crippen molar-refractivity contribution in [3.05, 3.63) is 35.2 Å². The fraction of sp³-hybridized carbons (Fsp3) is 0.412. The van der Waals surface area contributed by atoms with E-state index in [0.717, 1.165) is 17.7 Å². The summed E-state index contributed by atoms with van der Waals surface area (Å²) in [7, 11) is 0. The first-order valence-corrected chi connectivity index (χ1v) is 8.78. The Kier molecular flexibility index (Phi) is 3.87. The van der Waals surface area contributed by atoms with E-state index in [1.165, 1.54) is 0 Å². The first-order chi connectivity index (χ1) is 12.4. The number of imidazole rings is 1. The molecule has 4 amide bonds. The van der Waals surface area contributed by atoms with Crippen LogP contribution in [0.2, 0.25) is 5.02 Å². The molecule has 3 heterocycles. The van der Waals surface area contributed by atoms with Crippen molar-refractivity contribution in [3.63, 3.8) is 0 Å². The number of hydrogen-bond acceptors (Lipinski definition) is 4. The Bertz CT molecular complexity index is 922. The van der Waals surface area contributed by atoms with Crippen LogP contribution in [0.4, 0.5) is 4.79 Å². The molecular formula is C17H18ClN5O3. The molecule has 2 aliphatic rings. The molecule has 4 rings (SSSR count). The third-order valence-corrected chi connectivity index (χ3v) is 5.15. The number of imide groups is 1. The van der Waals surface area contributed by atoms with Crippen molar-refractivity contribution >= 4 is 35.1 Å². The molecule has 0 spiro atoms. The number of nitrogens with one attached hydrogen (secondary N) is 2. The number of pyridine rings is 1. The minimum atomic E-state index is -0.877. The average molecular weight is 376 g/mol. The number of urea groups is 1. The highest BCUT2D eigenvalue weighted by atomic mass is 35.5. The summed E-state index contributed by atoms with van der Waals surface area (Å²) in [5.41, 5.74) is 0.492. The third-order valence-electron chi connectivity index (χ3n) is 4.93. The van der Waals surface area contributed by atoms with Gasteiger partial charge in [0.2, 0.25) is 5.91 Å². The fourth-order valence-corrected chi connectivity index (χ4v) is 3.46. The van der Waals surface area contributed by atoms with Gasteiger partial charge in [-0.1, -0.05) is 11.6 Å². The van der Waals surface area contributed by atoms with E-state index in [1.807, 2.05) is 0 Å². The maximum Gasteiger partial charge on any atom is 0.325 e. The molecule has 1 saturated heterocycles. The predicted molar refractivity (Wildman–Crippen MR) is 93.4 cm³/mol. The highest BCUT2D eigenvalue weighted by Gasteiger charge is 2.56. The Labute approximate surface area is 154 Å². The molecule has 1 aliphatic carbocycles. The van der Waals surface area contributed by atoms with Gasteiger partial charge in [-0.3, -0.25) is 14.5 Å². The molecule has 9 heteroatoms. The number of halogens is 1. The van der Waals surface area contributed by atoms with Crippen LogP contribution < -0.4 is 10.6 Å². The van der Waals surface area contributed by atoms with Crippen LogP contribution in [0.25, 0.3) is 5.65 Å². The number of hydrogen-bond donors (Lipinski definition) is 2. The van der Waals surface area contributed by atoms with Gasteiger partial charge in [-0.05, 0) is 37.8 Å². The SMILES string of the molecule is CC1(C2CC2)NC(=O)N(CC(=O)NCc2cn3cc(Cl)ccc3n2)C1=O. The lowest BCUT2D eigenvalue weighted by atomic mass is 9.96. The van der Waals surface area contributed by atoms with Gasteiger partial charge in [-0.2, -0.15) is 0 Å². The number of nitrogens with zero attached hydrogens (tertiary/aromatic N) is 3. The number of carbonyl (C=O) groups excluding carboxylic acids is 3. The Morgan fingerprint density at radius 3 is 2.88 bits per heavy atom. The summed E-state index contributed by atoms with van der Waals surface area (Å²) in [4.78, 5) is 42.1. The summed E-state index contributed by atoms with van der Waals surface area (Å²) in [5.74, 6) is -0.581. The van der Waals surface area contributed by atoms with Crippen LogP contribution in [0, 0.1) is 5.92 Å². The zero-order chi connectivity index (χ0) is 18.5. The third kappa shape index (κ3) is 2.90. The highest BCUT2D eigenvalue weighted by Crippen LogP contribution is 2.42. The van der Waals surface area contributed by atoms with Crippen molar-refractivity contribution in [1.29, 1.82) is 0 Å². The van der Waals surface area contributed by atoms with Crippen molar-refractivity contribution in [3.8, 4) is 0 Å². The second-order valence-electron chi connectivity index (χ2n) is 6.92. The minimum Gasteiger partial charge on any atom is -0.349 e. The van der Waals surface area contributed by atoms with Crippen molar-refractivity contribution < 1.29 is 14.4 Å².